The van der Waals surface area contributed by atoms with Gasteiger partial charge in [-0.15, -0.1) is 0 Å². The topological polar surface area (TPSA) is 80.5 Å². The third-order valence-corrected chi connectivity index (χ3v) is 4.60. The van der Waals surface area contributed by atoms with Gasteiger partial charge in [-0.1, -0.05) is 6.07 Å². The van der Waals surface area contributed by atoms with Crippen LogP contribution in [-0.2, 0) is 0 Å². The molecule has 0 aliphatic carbocycles. The molecular formula is C20H19FN2O3. The molecule has 0 saturated carbocycles. The number of amides is 2. The summed E-state index contributed by atoms with van der Waals surface area (Å²) in [5.41, 5.74) is 6.35. The number of carbonyl (C=O) groups is 3. The molecule has 2 aromatic carbocycles. The van der Waals surface area contributed by atoms with Gasteiger partial charge >= 0.3 is 0 Å². The third-order valence-electron chi connectivity index (χ3n) is 4.60. The molecule has 0 aromatic heterocycles. The Morgan fingerprint density at radius 3 is 2.38 bits per heavy atom. The molecule has 134 valence electrons. The zero-order chi connectivity index (χ0) is 18.7. The van der Waals surface area contributed by atoms with Gasteiger partial charge in [0.05, 0.1) is 0 Å². The summed E-state index contributed by atoms with van der Waals surface area (Å²) in [6, 6.07) is 11.7. The minimum atomic E-state index is -0.595. The second-order valence-electron chi connectivity index (χ2n) is 6.41. The van der Waals surface area contributed by atoms with Crippen LogP contribution in [0.15, 0.2) is 48.5 Å². The van der Waals surface area contributed by atoms with E-state index in [9.17, 15) is 18.8 Å². The average molecular weight is 354 g/mol. The number of primary amides is 1. The van der Waals surface area contributed by atoms with Crippen LogP contribution in [0.1, 0.15) is 43.9 Å². The molecule has 1 heterocycles. The number of benzene rings is 2. The number of piperidine rings is 1. The molecule has 26 heavy (non-hydrogen) atoms. The van der Waals surface area contributed by atoms with Crippen LogP contribution in [0.5, 0.6) is 0 Å². The second kappa shape index (κ2) is 7.47. The van der Waals surface area contributed by atoms with E-state index in [1.807, 2.05) is 0 Å². The summed E-state index contributed by atoms with van der Waals surface area (Å²) < 4.78 is 13.0. The maximum atomic E-state index is 13.0. The Balaban J connectivity index is 1.74. The Morgan fingerprint density at radius 1 is 1.00 bits per heavy atom. The first-order valence-corrected chi connectivity index (χ1v) is 8.44. The van der Waals surface area contributed by atoms with Crippen LogP contribution < -0.4 is 5.73 Å². The predicted molar refractivity (Wildman–Crippen MR) is 94.3 cm³/mol. The molecule has 5 nitrogen and oxygen atoms in total. The number of Topliss-reactive ketones (excluding diaryl/α,β-unsaturated/α-hetero) is 1. The normalized spacial score (nSPS) is 17.0. The van der Waals surface area contributed by atoms with Gasteiger partial charge in [0.25, 0.3) is 5.91 Å². The number of likely N-dealkylation sites (tertiary alicyclic amines) is 1. The summed E-state index contributed by atoms with van der Waals surface area (Å²) >= 11 is 0. The number of nitrogens with zero attached hydrogens (tertiary/aromatic N) is 1. The summed E-state index contributed by atoms with van der Waals surface area (Å²) in [6.07, 6.45) is 1.39. The molecule has 6 heteroatoms. The lowest BCUT2D eigenvalue weighted by atomic mass is 9.89. The van der Waals surface area contributed by atoms with Gasteiger partial charge in [0, 0.05) is 35.7 Å². The minimum Gasteiger partial charge on any atom is -0.366 e. The van der Waals surface area contributed by atoms with E-state index in [1.165, 1.54) is 30.3 Å². The Kier molecular flexibility index (Phi) is 5.11. The van der Waals surface area contributed by atoms with Crippen LogP contribution >= 0.6 is 0 Å². The van der Waals surface area contributed by atoms with Crippen molar-refractivity contribution in [3.63, 3.8) is 0 Å². The van der Waals surface area contributed by atoms with Gasteiger partial charge in [-0.2, -0.15) is 0 Å². The van der Waals surface area contributed by atoms with Gasteiger partial charge in [0.2, 0.25) is 5.91 Å². The fourth-order valence-corrected chi connectivity index (χ4v) is 3.21. The van der Waals surface area contributed by atoms with Crippen molar-refractivity contribution in [2.75, 3.05) is 13.1 Å². The van der Waals surface area contributed by atoms with Gasteiger partial charge in [-0.3, -0.25) is 14.4 Å². The van der Waals surface area contributed by atoms with E-state index in [0.29, 0.717) is 37.1 Å². The van der Waals surface area contributed by atoms with Gasteiger partial charge in [0.1, 0.15) is 5.82 Å². The highest BCUT2D eigenvalue weighted by atomic mass is 19.1. The Hall–Kier alpha value is -3.02. The fraction of sp³-hybridized carbons (Fsp3) is 0.250. The first kappa shape index (κ1) is 17.8. The Bertz CT molecular complexity index is 848. The lowest BCUT2D eigenvalue weighted by molar-refractivity contribution is 0.0637. The molecule has 1 saturated heterocycles. The second-order valence-corrected chi connectivity index (χ2v) is 6.41. The van der Waals surface area contributed by atoms with Crippen molar-refractivity contribution >= 4 is 17.6 Å². The largest absolute Gasteiger partial charge is 0.366 e. The number of hydrogen-bond donors (Lipinski definition) is 1. The van der Waals surface area contributed by atoms with E-state index < -0.39 is 11.7 Å². The number of carbonyl (C=O) groups excluding carboxylic acids is 3. The summed E-state index contributed by atoms with van der Waals surface area (Å²) in [5, 5.41) is 0. The highest BCUT2D eigenvalue weighted by Gasteiger charge is 2.29. The number of halogens is 1. The summed E-state index contributed by atoms with van der Waals surface area (Å²) in [7, 11) is 0. The molecule has 0 spiro atoms. The lowest BCUT2D eigenvalue weighted by Gasteiger charge is -2.32. The minimum absolute atomic E-state index is 0.0895. The van der Waals surface area contributed by atoms with Crippen molar-refractivity contribution in [2.24, 2.45) is 11.7 Å². The number of nitrogens with two attached hydrogens (primary N) is 1. The smallest absolute Gasteiger partial charge is 0.253 e. The van der Waals surface area contributed by atoms with E-state index in [-0.39, 0.29) is 23.2 Å². The molecule has 2 N–H and O–H groups in total. The van der Waals surface area contributed by atoms with Crippen LogP contribution in [0.2, 0.25) is 0 Å². The van der Waals surface area contributed by atoms with Crippen molar-refractivity contribution in [1.29, 1.82) is 0 Å². The van der Waals surface area contributed by atoms with E-state index in [2.05, 4.69) is 0 Å². The summed E-state index contributed by atoms with van der Waals surface area (Å²) in [6.45, 7) is 0.850. The number of ketones is 1. The molecule has 2 amide bonds. The van der Waals surface area contributed by atoms with Crippen molar-refractivity contribution in [2.45, 2.75) is 12.8 Å². The zero-order valence-electron chi connectivity index (χ0n) is 14.2. The molecule has 1 aliphatic rings. The molecule has 1 fully saturated rings. The maximum Gasteiger partial charge on any atom is 0.253 e. The Labute approximate surface area is 150 Å². The van der Waals surface area contributed by atoms with Crippen molar-refractivity contribution < 1.29 is 18.8 Å². The molecule has 1 aliphatic heterocycles. The first-order chi connectivity index (χ1) is 12.5. The van der Waals surface area contributed by atoms with E-state index >= 15 is 0 Å². The maximum absolute atomic E-state index is 13.0. The summed E-state index contributed by atoms with van der Waals surface area (Å²) in [5.74, 6) is -1.63. The number of rotatable bonds is 4. The first-order valence-electron chi connectivity index (χ1n) is 8.44. The van der Waals surface area contributed by atoms with E-state index in [4.69, 9.17) is 5.73 Å². The van der Waals surface area contributed by atoms with E-state index in [1.54, 1.807) is 23.1 Å². The lowest BCUT2D eigenvalue weighted by Crippen LogP contribution is -2.42. The van der Waals surface area contributed by atoms with Gasteiger partial charge in [-0.25, -0.2) is 4.39 Å². The van der Waals surface area contributed by atoms with Crippen LogP contribution in [0.25, 0.3) is 0 Å². The standard InChI is InChI=1S/C20H19FN2O3/c21-17-8-6-13(7-9-17)18(24)16-5-2-10-23(12-16)20(26)15-4-1-3-14(11-15)19(22)25/h1,3-4,6-9,11,16H,2,5,10,12H2,(H2,22,25). The quantitative estimate of drug-likeness (QED) is 0.857. The Morgan fingerprint density at radius 2 is 1.69 bits per heavy atom. The highest BCUT2D eigenvalue weighted by molar-refractivity contribution is 6.00. The molecule has 1 atom stereocenters. The molecule has 0 radical (unpaired) electrons. The van der Waals surface area contributed by atoms with Crippen molar-refractivity contribution in [3.8, 4) is 0 Å². The molecule has 1 unspecified atom stereocenters. The third kappa shape index (κ3) is 3.79. The fourth-order valence-electron chi connectivity index (χ4n) is 3.21. The zero-order valence-corrected chi connectivity index (χ0v) is 14.2. The molecule has 3 rings (SSSR count). The van der Waals surface area contributed by atoms with Gasteiger partial charge in [-0.05, 0) is 55.3 Å². The molecule has 2 aromatic rings. The monoisotopic (exact) mass is 354 g/mol. The van der Waals surface area contributed by atoms with Crippen LogP contribution in [0, 0.1) is 11.7 Å². The highest BCUT2D eigenvalue weighted by Crippen LogP contribution is 2.23. The number of hydrogen-bond acceptors (Lipinski definition) is 3. The van der Waals surface area contributed by atoms with Gasteiger partial charge < -0.3 is 10.6 Å². The van der Waals surface area contributed by atoms with Crippen LogP contribution in [0.4, 0.5) is 4.39 Å². The van der Waals surface area contributed by atoms with Crippen LogP contribution in [-0.4, -0.2) is 35.6 Å². The van der Waals surface area contributed by atoms with Gasteiger partial charge in [0.15, 0.2) is 5.78 Å². The SMILES string of the molecule is NC(=O)c1cccc(C(=O)N2CCCC(C(=O)c3ccc(F)cc3)C2)c1. The van der Waals surface area contributed by atoms with Crippen molar-refractivity contribution in [3.05, 3.63) is 71.0 Å². The molecule has 0 bridgehead atoms. The van der Waals surface area contributed by atoms with E-state index in [0.717, 1.165) is 0 Å². The van der Waals surface area contributed by atoms with Crippen LogP contribution in [0.3, 0.4) is 0 Å². The van der Waals surface area contributed by atoms with Crippen molar-refractivity contribution in [1.82, 2.24) is 4.90 Å². The average Bonchev–Trinajstić information content (AvgIpc) is 2.67. The predicted octanol–water partition coefficient (Wildman–Crippen LogP) is 2.66. The molecular weight excluding hydrogens is 335 g/mol. The summed E-state index contributed by atoms with van der Waals surface area (Å²) in [4.78, 5) is 38.3.